The number of carbonyl (C=O) groups is 1. The van der Waals surface area contributed by atoms with Gasteiger partial charge in [-0.15, -0.1) is 0 Å². The topological polar surface area (TPSA) is 26.3 Å². The fourth-order valence-corrected chi connectivity index (χ4v) is 5.27. The molecule has 0 spiro atoms. The van der Waals surface area contributed by atoms with Gasteiger partial charge in [0, 0.05) is 6.07 Å². The molecule has 0 aliphatic heterocycles. The molecule has 6 heteroatoms. The SMILES string of the molecule is CC1(C)C(C(=O)OCc2c(F)c(F)cc(F)c2F)C1(C1CC1)C1CC1. The van der Waals surface area contributed by atoms with Gasteiger partial charge in [0.05, 0.1) is 11.5 Å². The first-order chi connectivity index (χ1) is 11.7. The van der Waals surface area contributed by atoms with Gasteiger partial charge in [0.15, 0.2) is 23.3 Å². The Morgan fingerprint density at radius 1 is 1.04 bits per heavy atom. The van der Waals surface area contributed by atoms with Crippen molar-refractivity contribution in [3.63, 3.8) is 0 Å². The van der Waals surface area contributed by atoms with Crippen molar-refractivity contribution in [1.82, 2.24) is 0 Å². The Morgan fingerprint density at radius 2 is 1.52 bits per heavy atom. The maximum atomic E-state index is 13.7. The molecule has 0 amide bonds. The number of halogens is 4. The Labute approximate surface area is 143 Å². The van der Waals surface area contributed by atoms with Crippen LogP contribution in [0.5, 0.6) is 0 Å². The third-order valence-corrected chi connectivity index (χ3v) is 6.53. The minimum absolute atomic E-state index is 0.0750. The highest BCUT2D eigenvalue weighted by molar-refractivity contribution is 5.79. The summed E-state index contributed by atoms with van der Waals surface area (Å²) >= 11 is 0. The standard InChI is InChI=1S/C19H20F4O2/c1-18(2)16(19(18,9-3-4-9)10-5-6-10)17(24)25-8-11-14(22)12(20)7-13(21)15(11)23/h7,9-10,16H,3-6,8H2,1-2H3. The van der Waals surface area contributed by atoms with Crippen molar-refractivity contribution in [1.29, 1.82) is 0 Å². The molecule has 0 radical (unpaired) electrons. The number of benzene rings is 1. The molecule has 1 unspecified atom stereocenters. The number of rotatable bonds is 5. The van der Waals surface area contributed by atoms with Gasteiger partial charge in [-0.2, -0.15) is 0 Å². The summed E-state index contributed by atoms with van der Waals surface area (Å²) in [6.45, 7) is 3.28. The fourth-order valence-electron chi connectivity index (χ4n) is 5.27. The zero-order valence-electron chi connectivity index (χ0n) is 14.2. The lowest BCUT2D eigenvalue weighted by Gasteiger charge is -2.19. The zero-order valence-corrected chi connectivity index (χ0v) is 14.2. The summed E-state index contributed by atoms with van der Waals surface area (Å²) < 4.78 is 59.1. The van der Waals surface area contributed by atoms with Gasteiger partial charge in [-0.3, -0.25) is 4.79 Å². The summed E-state index contributed by atoms with van der Waals surface area (Å²) in [6.07, 6.45) is 4.40. The first-order valence-electron chi connectivity index (χ1n) is 8.71. The van der Waals surface area contributed by atoms with E-state index in [4.69, 9.17) is 4.74 Å². The van der Waals surface area contributed by atoms with Crippen LogP contribution in [0.25, 0.3) is 0 Å². The van der Waals surface area contributed by atoms with Gasteiger partial charge in [0.1, 0.15) is 6.61 Å². The Hall–Kier alpha value is -1.59. The molecule has 0 bridgehead atoms. The first-order valence-corrected chi connectivity index (χ1v) is 8.71. The van der Waals surface area contributed by atoms with Crippen LogP contribution in [0, 0.1) is 51.9 Å². The number of hydrogen-bond acceptors (Lipinski definition) is 2. The maximum absolute atomic E-state index is 13.7. The monoisotopic (exact) mass is 356 g/mol. The summed E-state index contributed by atoms with van der Waals surface area (Å²) in [7, 11) is 0. The lowest BCUT2D eigenvalue weighted by atomic mass is 9.85. The van der Waals surface area contributed by atoms with Crippen LogP contribution in [0.2, 0.25) is 0 Å². The Bertz CT molecular complexity index is 712. The van der Waals surface area contributed by atoms with Crippen molar-refractivity contribution >= 4 is 5.97 Å². The number of ether oxygens (including phenoxy) is 1. The fraction of sp³-hybridized carbons (Fsp3) is 0.632. The second-order valence-corrected chi connectivity index (χ2v) is 8.19. The van der Waals surface area contributed by atoms with Gasteiger partial charge in [-0.1, -0.05) is 13.8 Å². The summed E-state index contributed by atoms with van der Waals surface area (Å²) in [5.41, 5.74) is -1.17. The van der Waals surface area contributed by atoms with Gasteiger partial charge in [-0.05, 0) is 48.3 Å². The van der Waals surface area contributed by atoms with E-state index in [2.05, 4.69) is 0 Å². The molecule has 0 aromatic heterocycles. The van der Waals surface area contributed by atoms with Crippen LogP contribution in [0.1, 0.15) is 45.1 Å². The lowest BCUT2D eigenvalue weighted by molar-refractivity contribution is -0.148. The van der Waals surface area contributed by atoms with E-state index in [1.54, 1.807) is 0 Å². The largest absolute Gasteiger partial charge is 0.460 e. The minimum Gasteiger partial charge on any atom is -0.460 e. The van der Waals surface area contributed by atoms with Crippen molar-refractivity contribution < 1.29 is 27.1 Å². The quantitative estimate of drug-likeness (QED) is 0.432. The van der Waals surface area contributed by atoms with Crippen LogP contribution in [0.3, 0.4) is 0 Å². The highest BCUT2D eigenvalue weighted by atomic mass is 19.2. The molecule has 25 heavy (non-hydrogen) atoms. The molecule has 1 aromatic rings. The molecule has 3 saturated carbocycles. The summed E-state index contributed by atoms with van der Waals surface area (Å²) in [5, 5.41) is 0. The van der Waals surface area contributed by atoms with Crippen LogP contribution in [-0.2, 0) is 16.1 Å². The van der Waals surface area contributed by atoms with Crippen LogP contribution >= 0.6 is 0 Å². The predicted octanol–water partition coefficient (Wildman–Crippen LogP) is 4.75. The Balaban J connectivity index is 1.53. The molecule has 0 N–H and O–H groups in total. The Kier molecular flexibility index (Phi) is 3.51. The number of hydrogen-bond donors (Lipinski definition) is 0. The number of esters is 1. The van der Waals surface area contributed by atoms with Crippen molar-refractivity contribution in [2.75, 3.05) is 0 Å². The van der Waals surface area contributed by atoms with Crippen LogP contribution in [0.15, 0.2) is 6.07 Å². The third kappa shape index (κ3) is 2.25. The molecule has 3 fully saturated rings. The van der Waals surface area contributed by atoms with E-state index in [1.807, 2.05) is 13.8 Å². The van der Waals surface area contributed by atoms with Gasteiger partial charge in [0.25, 0.3) is 0 Å². The normalized spacial score (nSPS) is 26.4. The molecule has 3 aliphatic rings. The molecule has 2 nitrogen and oxygen atoms in total. The molecular weight excluding hydrogens is 336 g/mol. The minimum atomic E-state index is -1.52. The summed E-state index contributed by atoms with van der Waals surface area (Å²) in [6, 6.07) is 0.144. The van der Waals surface area contributed by atoms with E-state index in [-0.39, 0.29) is 22.8 Å². The van der Waals surface area contributed by atoms with Gasteiger partial charge >= 0.3 is 5.97 Å². The molecular formula is C19H20F4O2. The van der Waals surface area contributed by atoms with Gasteiger partial charge in [-0.25, -0.2) is 17.6 Å². The van der Waals surface area contributed by atoms with Crippen molar-refractivity contribution in [2.45, 2.75) is 46.1 Å². The highest BCUT2D eigenvalue weighted by Gasteiger charge is 2.82. The molecule has 0 heterocycles. The van der Waals surface area contributed by atoms with Gasteiger partial charge in [0.2, 0.25) is 0 Å². The average molecular weight is 356 g/mol. The second-order valence-electron chi connectivity index (χ2n) is 8.19. The van der Waals surface area contributed by atoms with E-state index < -0.39 is 41.4 Å². The van der Waals surface area contributed by atoms with Crippen LogP contribution in [0.4, 0.5) is 17.6 Å². The number of carbonyl (C=O) groups excluding carboxylic acids is 1. The predicted molar refractivity (Wildman–Crippen MR) is 81.2 cm³/mol. The highest BCUT2D eigenvalue weighted by Crippen LogP contribution is 2.83. The first kappa shape index (κ1) is 16.9. The van der Waals surface area contributed by atoms with Gasteiger partial charge < -0.3 is 4.74 Å². The van der Waals surface area contributed by atoms with Crippen molar-refractivity contribution in [3.8, 4) is 0 Å². The summed E-state index contributed by atoms with van der Waals surface area (Å²) in [5.74, 6) is -5.85. The van der Waals surface area contributed by atoms with E-state index in [9.17, 15) is 22.4 Å². The van der Waals surface area contributed by atoms with E-state index in [0.29, 0.717) is 11.8 Å². The van der Waals surface area contributed by atoms with E-state index in [0.717, 1.165) is 25.7 Å². The second kappa shape index (κ2) is 5.21. The average Bonchev–Trinajstić information content (AvgIpc) is 3.39. The molecule has 136 valence electrons. The zero-order chi connectivity index (χ0) is 18.1. The van der Waals surface area contributed by atoms with Crippen LogP contribution in [-0.4, -0.2) is 5.97 Å². The summed E-state index contributed by atoms with van der Waals surface area (Å²) in [4.78, 5) is 12.6. The third-order valence-electron chi connectivity index (χ3n) is 6.53. The van der Waals surface area contributed by atoms with E-state index >= 15 is 0 Å². The molecule has 1 aromatic carbocycles. The van der Waals surface area contributed by atoms with Crippen molar-refractivity contribution in [3.05, 3.63) is 34.9 Å². The molecule has 1 atom stereocenters. The maximum Gasteiger partial charge on any atom is 0.310 e. The van der Waals surface area contributed by atoms with E-state index in [1.165, 1.54) is 0 Å². The Morgan fingerprint density at radius 3 is 1.96 bits per heavy atom. The lowest BCUT2D eigenvalue weighted by Crippen LogP contribution is -2.18. The molecule has 4 rings (SSSR count). The smallest absolute Gasteiger partial charge is 0.310 e. The molecule has 0 saturated heterocycles. The molecule has 3 aliphatic carbocycles. The van der Waals surface area contributed by atoms with Crippen molar-refractivity contribution in [2.24, 2.45) is 28.6 Å². The van der Waals surface area contributed by atoms with Crippen LogP contribution < -0.4 is 0 Å².